The highest BCUT2D eigenvalue weighted by Gasteiger charge is 2.09. The average Bonchev–Trinajstić information content (AvgIpc) is 3.01. The summed E-state index contributed by atoms with van der Waals surface area (Å²) >= 11 is 0. The van der Waals surface area contributed by atoms with Crippen molar-refractivity contribution in [1.82, 2.24) is 10.1 Å². The van der Waals surface area contributed by atoms with Crippen LogP contribution in [0.15, 0.2) is 53.2 Å². The molecule has 0 saturated heterocycles. The number of nitrogens with one attached hydrogen (secondary N) is 2. The molecule has 0 aliphatic heterocycles. The number of pyridine rings is 1. The fraction of sp³-hybridized carbons (Fsp3) is 0.211. The molecule has 128 valence electrons. The zero-order chi connectivity index (χ0) is 17.8. The first-order valence-corrected chi connectivity index (χ1v) is 8.09. The molecular weight excluding hydrogens is 316 g/mol. The van der Waals surface area contributed by atoms with Gasteiger partial charge in [0.25, 0.3) is 5.91 Å². The van der Waals surface area contributed by atoms with Crippen LogP contribution in [0.5, 0.6) is 0 Å². The molecule has 0 atom stereocenters. The Morgan fingerprint density at radius 1 is 1.08 bits per heavy atom. The molecule has 2 N–H and O–H groups in total. The summed E-state index contributed by atoms with van der Waals surface area (Å²) in [5, 5.41) is 9.76. The fourth-order valence-electron chi connectivity index (χ4n) is 2.32. The van der Waals surface area contributed by atoms with Gasteiger partial charge in [0.1, 0.15) is 11.5 Å². The monoisotopic (exact) mass is 336 g/mol. The average molecular weight is 336 g/mol. The summed E-state index contributed by atoms with van der Waals surface area (Å²) in [4.78, 5) is 16.5. The smallest absolute Gasteiger partial charge is 0.274 e. The van der Waals surface area contributed by atoms with Gasteiger partial charge in [0.05, 0.1) is 11.9 Å². The van der Waals surface area contributed by atoms with Gasteiger partial charge in [-0.05, 0) is 42.7 Å². The Hall–Kier alpha value is -3.15. The quantitative estimate of drug-likeness (QED) is 0.717. The van der Waals surface area contributed by atoms with Crippen molar-refractivity contribution < 1.29 is 9.32 Å². The lowest BCUT2D eigenvalue weighted by molar-refractivity contribution is 0.102. The van der Waals surface area contributed by atoms with Gasteiger partial charge >= 0.3 is 0 Å². The first-order valence-electron chi connectivity index (χ1n) is 8.09. The number of anilines is 3. The molecule has 0 aliphatic carbocycles. The van der Waals surface area contributed by atoms with E-state index in [1.165, 1.54) is 5.56 Å². The molecule has 3 aromatic rings. The lowest BCUT2D eigenvalue weighted by Gasteiger charge is -2.08. The van der Waals surface area contributed by atoms with E-state index in [9.17, 15) is 4.79 Å². The maximum absolute atomic E-state index is 12.3. The first-order chi connectivity index (χ1) is 12.0. The number of hydrogen-bond donors (Lipinski definition) is 2. The van der Waals surface area contributed by atoms with Gasteiger partial charge in [0.15, 0.2) is 5.82 Å². The molecule has 0 radical (unpaired) electrons. The fourth-order valence-corrected chi connectivity index (χ4v) is 2.32. The van der Waals surface area contributed by atoms with Crippen LogP contribution in [-0.4, -0.2) is 16.0 Å². The molecule has 6 nitrogen and oxygen atoms in total. The van der Waals surface area contributed by atoms with Crippen LogP contribution in [-0.2, 0) is 0 Å². The van der Waals surface area contributed by atoms with E-state index in [4.69, 9.17) is 4.52 Å². The number of benzene rings is 1. The Balaban J connectivity index is 1.64. The van der Waals surface area contributed by atoms with Crippen molar-refractivity contribution in [3.05, 3.63) is 65.7 Å². The molecule has 0 fully saturated rings. The SMILES string of the molecule is Cc1cc(Nc2ccc(C(=O)Nc3ccc(C(C)C)cc3)nc2)no1. The highest BCUT2D eigenvalue weighted by Crippen LogP contribution is 2.18. The van der Waals surface area contributed by atoms with Crippen LogP contribution < -0.4 is 10.6 Å². The Bertz CT molecular complexity index is 852. The third-order valence-corrected chi connectivity index (χ3v) is 3.73. The largest absolute Gasteiger partial charge is 0.360 e. The molecule has 6 heteroatoms. The molecule has 0 bridgehead atoms. The van der Waals surface area contributed by atoms with Gasteiger partial charge in [-0.2, -0.15) is 0 Å². The molecule has 0 spiro atoms. The topological polar surface area (TPSA) is 80.0 Å². The molecule has 25 heavy (non-hydrogen) atoms. The first kappa shape index (κ1) is 16.7. The molecule has 1 aromatic carbocycles. The molecule has 2 aromatic heterocycles. The molecular formula is C19H20N4O2. The number of aryl methyl sites for hydroxylation is 1. The van der Waals surface area contributed by atoms with Crippen molar-refractivity contribution in [2.75, 3.05) is 10.6 Å². The van der Waals surface area contributed by atoms with Crippen LogP contribution in [0.3, 0.4) is 0 Å². The summed E-state index contributed by atoms with van der Waals surface area (Å²) in [6.45, 7) is 6.08. The molecule has 0 unspecified atom stereocenters. The van der Waals surface area contributed by atoms with Crippen molar-refractivity contribution in [3.63, 3.8) is 0 Å². The highest BCUT2D eigenvalue weighted by atomic mass is 16.5. The molecule has 0 aliphatic rings. The summed E-state index contributed by atoms with van der Waals surface area (Å²) in [6.07, 6.45) is 1.58. The minimum atomic E-state index is -0.249. The van der Waals surface area contributed by atoms with Crippen LogP contribution in [0, 0.1) is 6.92 Å². The highest BCUT2D eigenvalue weighted by molar-refractivity contribution is 6.02. The van der Waals surface area contributed by atoms with Crippen molar-refractivity contribution >= 4 is 23.1 Å². The van der Waals surface area contributed by atoms with E-state index in [1.54, 1.807) is 24.4 Å². The van der Waals surface area contributed by atoms with Crippen LogP contribution in [0.2, 0.25) is 0 Å². The van der Waals surface area contributed by atoms with Crippen molar-refractivity contribution in [1.29, 1.82) is 0 Å². The van der Waals surface area contributed by atoms with Crippen molar-refractivity contribution in [3.8, 4) is 0 Å². The van der Waals surface area contributed by atoms with E-state index in [-0.39, 0.29) is 5.91 Å². The van der Waals surface area contributed by atoms with E-state index in [0.717, 1.165) is 17.1 Å². The number of rotatable bonds is 5. The van der Waals surface area contributed by atoms with Gasteiger partial charge < -0.3 is 15.2 Å². The van der Waals surface area contributed by atoms with Crippen LogP contribution in [0.25, 0.3) is 0 Å². The summed E-state index contributed by atoms with van der Waals surface area (Å²) in [5.41, 5.74) is 3.05. The normalized spacial score (nSPS) is 10.7. The number of amides is 1. The summed E-state index contributed by atoms with van der Waals surface area (Å²) in [5.74, 6) is 1.53. The molecule has 3 rings (SSSR count). The zero-order valence-electron chi connectivity index (χ0n) is 14.4. The number of aromatic nitrogens is 2. The second-order valence-electron chi connectivity index (χ2n) is 6.11. The summed E-state index contributed by atoms with van der Waals surface area (Å²) in [6, 6.07) is 13.0. The van der Waals surface area contributed by atoms with Crippen LogP contribution >= 0.6 is 0 Å². The summed E-state index contributed by atoms with van der Waals surface area (Å²) < 4.78 is 4.99. The predicted octanol–water partition coefficient (Wildman–Crippen LogP) is 4.50. The van der Waals surface area contributed by atoms with Gasteiger partial charge in [-0.3, -0.25) is 4.79 Å². The molecule has 2 heterocycles. The standard InChI is InChI=1S/C19H20N4O2/c1-12(2)14-4-6-15(7-5-14)22-19(24)17-9-8-16(11-20-17)21-18-10-13(3)25-23-18/h4-12H,1-3H3,(H,21,23)(H,22,24). The number of carbonyl (C=O) groups is 1. The third kappa shape index (κ3) is 4.23. The zero-order valence-corrected chi connectivity index (χ0v) is 14.4. The third-order valence-electron chi connectivity index (χ3n) is 3.73. The predicted molar refractivity (Wildman–Crippen MR) is 97.2 cm³/mol. The minimum Gasteiger partial charge on any atom is -0.360 e. The van der Waals surface area contributed by atoms with Crippen molar-refractivity contribution in [2.24, 2.45) is 0 Å². The van der Waals surface area contributed by atoms with Crippen molar-refractivity contribution in [2.45, 2.75) is 26.7 Å². The molecule has 1 amide bonds. The van der Waals surface area contributed by atoms with E-state index in [2.05, 4.69) is 34.6 Å². The number of carbonyl (C=O) groups excluding carboxylic acids is 1. The van der Waals surface area contributed by atoms with Gasteiger partial charge in [0.2, 0.25) is 0 Å². The van der Waals surface area contributed by atoms with E-state index in [0.29, 0.717) is 17.4 Å². The van der Waals surface area contributed by atoms with E-state index < -0.39 is 0 Å². The maximum Gasteiger partial charge on any atom is 0.274 e. The maximum atomic E-state index is 12.3. The number of nitrogens with zero attached hydrogens (tertiary/aromatic N) is 2. The van der Waals surface area contributed by atoms with Crippen LogP contribution in [0.1, 0.15) is 41.6 Å². The van der Waals surface area contributed by atoms with Gasteiger partial charge in [0, 0.05) is 11.8 Å². The van der Waals surface area contributed by atoms with Gasteiger partial charge in [-0.1, -0.05) is 31.1 Å². The lowest BCUT2D eigenvalue weighted by Crippen LogP contribution is -2.13. The molecule has 0 saturated carbocycles. The minimum absolute atomic E-state index is 0.249. The Morgan fingerprint density at radius 2 is 1.80 bits per heavy atom. The van der Waals surface area contributed by atoms with E-state index >= 15 is 0 Å². The Kier molecular flexibility index (Phi) is 4.79. The second-order valence-corrected chi connectivity index (χ2v) is 6.11. The Labute approximate surface area is 146 Å². The number of hydrogen-bond acceptors (Lipinski definition) is 5. The van der Waals surface area contributed by atoms with Gasteiger partial charge in [-0.25, -0.2) is 4.98 Å². The Morgan fingerprint density at radius 3 is 2.36 bits per heavy atom. The lowest BCUT2D eigenvalue weighted by atomic mass is 10.0. The summed E-state index contributed by atoms with van der Waals surface area (Å²) in [7, 11) is 0. The van der Waals surface area contributed by atoms with Gasteiger partial charge in [-0.15, -0.1) is 0 Å². The van der Waals surface area contributed by atoms with Crippen LogP contribution in [0.4, 0.5) is 17.2 Å². The second kappa shape index (κ2) is 7.17. The van der Waals surface area contributed by atoms with E-state index in [1.807, 2.05) is 31.2 Å².